The zero-order valence-corrected chi connectivity index (χ0v) is 27.4. The van der Waals surface area contributed by atoms with Gasteiger partial charge in [0.25, 0.3) is 0 Å². The molecule has 0 bridgehead atoms. The van der Waals surface area contributed by atoms with Crippen molar-refractivity contribution in [2.75, 3.05) is 16.8 Å². The molecule has 10 rings (SSSR count). The molecule has 2 aromatic heterocycles. The molecule has 0 atom stereocenters. The number of hydrogen-bond acceptors (Lipinski definition) is 4. The Balaban J connectivity index is 1.09. The van der Waals surface area contributed by atoms with Crippen molar-refractivity contribution in [3.63, 3.8) is 0 Å². The average molecular weight is 647 g/mol. The van der Waals surface area contributed by atoms with E-state index in [9.17, 15) is 0 Å². The number of furan rings is 1. The van der Waals surface area contributed by atoms with Gasteiger partial charge in [-0.3, -0.25) is 0 Å². The highest BCUT2D eigenvalue weighted by Crippen LogP contribution is 2.45. The van der Waals surface area contributed by atoms with E-state index < -0.39 is 0 Å². The van der Waals surface area contributed by atoms with Gasteiger partial charge >= 0.3 is 0 Å². The van der Waals surface area contributed by atoms with E-state index in [1.807, 2.05) is 23.5 Å². The third kappa shape index (κ3) is 4.64. The zero-order valence-electron chi connectivity index (χ0n) is 26.6. The van der Waals surface area contributed by atoms with Crippen LogP contribution in [0.25, 0.3) is 70.4 Å². The van der Waals surface area contributed by atoms with Crippen molar-refractivity contribution in [1.29, 1.82) is 0 Å². The molecule has 1 aliphatic heterocycles. The molecule has 0 aliphatic carbocycles. The summed E-state index contributed by atoms with van der Waals surface area (Å²) < 4.78 is 9.00. The summed E-state index contributed by atoms with van der Waals surface area (Å²) in [7, 11) is 0. The van der Waals surface area contributed by atoms with Crippen LogP contribution in [0.4, 0.5) is 22.7 Å². The number of benzene rings is 7. The molecule has 0 saturated carbocycles. The molecule has 4 heteroatoms. The topological polar surface area (TPSA) is 28.4 Å². The quantitative estimate of drug-likeness (QED) is 0.202. The predicted octanol–water partition coefficient (Wildman–Crippen LogP) is 13.2. The largest absolute Gasteiger partial charge is 0.456 e. The van der Waals surface area contributed by atoms with E-state index in [2.05, 4.69) is 162 Å². The summed E-state index contributed by atoms with van der Waals surface area (Å²) in [5.74, 6) is 0. The second kappa shape index (κ2) is 11.3. The number of rotatable bonds is 5. The smallest absolute Gasteiger partial charge is 0.137 e. The van der Waals surface area contributed by atoms with Crippen molar-refractivity contribution in [3.8, 4) is 22.3 Å². The Bertz CT molecular complexity index is 2700. The molecule has 7 aromatic carbocycles. The van der Waals surface area contributed by atoms with E-state index in [0.29, 0.717) is 0 Å². The van der Waals surface area contributed by atoms with Crippen LogP contribution < -0.4 is 10.2 Å². The number of hydrogen-bond donors (Lipinski definition) is 1. The lowest BCUT2D eigenvalue weighted by Crippen LogP contribution is -2.09. The van der Waals surface area contributed by atoms with Crippen molar-refractivity contribution >= 4 is 82.3 Å². The van der Waals surface area contributed by atoms with E-state index in [1.165, 1.54) is 53.7 Å². The van der Waals surface area contributed by atoms with Crippen LogP contribution in [0.5, 0.6) is 0 Å². The van der Waals surface area contributed by atoms with E-state index >= 15 is 0 Å². The minimum atomic E-state index is 0.876. The first-order valence-corrected chi connectivity index (χ1v) is 17.5. The van der Waals surface area contributed by atoms with E-state index in [1.54, 1.807) is 0 Å². The van der Waals surface area contributed by atoms with Crippen molar-refractivity contribution < 1.29 is 4.42 Å². The van der Waals surface area contributed by atoms with Crippen LogP contribution in [-0.2, 0) is 0 Å². The lowest BCUT2D eigenvalue weighted by molar-refractivity contribution is 0.669. The Morgan fingerprint density at radius 2 is 1.16 bits per heavy atom. The first-order valence-electron chi connectivity index (χ1n) is 16.6. The van der Waals surface area contributed by atoms with Gasteiger partial charge in [0.2, 0.25) is 0 Å². The van der Waals surface area contributed by atoms with Crippen LogP contribution in [0, 0.1) is 0 Å². The molecular weight excluding hydrogens is 617 g/mol. The van der Waals surface area contributed by atoms with Crippen molar-refractivity contribution in [1.82, 2.24) is 0 Å². The van der Waals surface area contributed by atoms with E-state index in [0.717, 1.165) is 45.5 Å². The summed E-state index contributed by atoms with van der Waals surface area (Å²) >= 11 is 1.89. The van der Waals surface area contributed by atoms with Crippen molar-refractivity contribution in [2.24, 2.45) is 0 Å². The van der Waals surface area contributed by atoms with Crippen molar-refractivity contribution in [3.05, 3.63) is 163 Å². The fourth-order valence-corrected chi connectivity index (χ4v) is 8.66. The molecule has 49 heavy (non-hydrogen) atoms. The standard InChI is InChI=1S/C45H30N2OS/c1-2-8-29(9-3-1)30-15-19-32(20-16-30)47(34-23-24-37-36-10-4-5-14-42(36)48-43(37)28-34)33-21-17-31(18-22-33)35-11-6-12-38-39-25-26-41-40(13-7-27-46-41)45(39)49-44(35)38/h1-26,28,46H,27H2. The minimum absolute atomic E-state index is 0.876. The molecule has 3 heterocycles. The normalized spacial score (nSPS) is 12.5. The number of nitrogens with zero attached hydrogens (tertiary/aromatic N) is 1. The molecule has 0 amide bonds. The van der Waals surface area contributed by atoms with Gasteiger partial charge in [-0.15, -0.1) is 11.3 Å². The molecule has 0 fully saturated rings. The van der Waals surface area contributed by atoms with Gasteiger partial charge < -0.3 is 14.6 Å². The second-order valence-electron chi connectivity index (χ2n) is 12.5. The maximum Gasteiger partial charge on any atom is 0.137 e. The van der Waals surface area contributed by atoms with E-state index in [4.69, 9.17) is 4.42 Å². The van der Waals surface area contributed by atoms with Crippen LogP contribution in [0.15, 0.2) is 162 Å². The Kier molecular flexibility index (Phi) is 6.42. The minimum Gasteiger partial charge on any atom is -0.456 e. The lowest BCUT2D eigenvalue weighted by atomic mass is 10.0. The first kappa shape index (κ1) is 28.0. The summed E-state index contributed by atoms with van der Waals surface area (Å²) in [4.78, 5) is 2.32. The summed E-state index contributed by atoms with van der Waals surface area (Å²) in [5, 5.41) is 8.41. The number of anilines is 4. The van der Waals surface area contributed by atoms with Crippen molar-refractivity contribution in [2.45, 2.75) is 0 Å². The fourth-order valence-electron chi connectivity index (χ4n) is 7.30. The van der Waals surface area contributed by atoms with Gasteiger partial charge in [0.1, 0.15) is 11.2 Å². The molecule has 1 N–H and O–H groups in total. The van der Waals surface area contributed by atoms with Gasteiger partial charge in [0.05, 0.1) is 0 Å². The molecule has 0 unspecified atom stereocenters. The lowest BCUT2D eigenvalue weighted by Gasteiger charge is -2.26. The van der Waals surface area contributed by atoms with Gasteiger partial charge in [-0.25, -0.2) is 0 Å². The van der Waals surface area contributed by atoms with Crippen LogP contribution in [0.2, 0.25) is 0 Å². The molecule has 0 radical (unpaired) electrons. The SMILES string of the molecule is C1=Cc2c(ccc3c2sc2c(-c4ccc(N(c5ccc(-c6ccccc6)cc5)c5ccc6c(c5)oc5ccccc56)cc4)cccc23)NC1. The third-order valence-electron chi connectivity index (χ3n) is 9.69. The highest BCUT2D eigenvalue weighted by Gasteiger charge is 2.18. The molecule has 9 aromatic rings. The summed E-state index contributed by atoms with van der Waals surface area (Å²) in [6.45, 7) is 0.876. The third-order valence-corrected chi connectivity index (χ3v) is 11.0. The summed E-state index contributed by atoms with van der Waals surface area (Å²) in [5.41, 5.74) is 12.4. The number of thiophene rings is 1. The highest BCUT2D eigenvalue weighted by atomic mass is 32.1. The first-order chi connectivity index (χ1) is 24.3. The van der Waals surface area contributed by atoms with Gasteiger partial charge in [-0.1, -0.05) is 109 Å². The maximum absolute atomic E-state index is 6.34. The number of nitrogens with one attached hydrogen (secondary N) is 1. The van der Waals surface area contributed by atoms with Gasteiger partial charge in [0, 0.05) is 71.9 Å². The second-order valence-corrected chi connectivity index (χ2v) is 13.6. The molecule has 1 aliphatic rings. The van der Waals surface area contributed by atoms with Gasteiger partial charge in [-0.05, 0) is 70.8 Å². The zero-order chi connectivity index (χ0) is 32.3. The van der Waals surface area contributed by atoms with Gasteiger partial charge in [-0.2, -0.15) is 0 Å². The number of para-hydroxylation sites is 1. The Labute approximate surface area is 288 Å². The van der Waals surface area contributed by atoms with E-state index in [-0.39, 0.29) is 0 Å². The Morgan fingerprint density at radius 1 is 0.510 bits per heavy atom. The molecular formula is C45H30N2OS. The molecule has 3 nitrogen and oxygen atoms in total. The number of fused-ring (bicyclic) bond motifs is 8. The highest BCUT2D eigenvalue weighted by molar-refractivity contribution is 7.26. The average Bonchev–Trinajstić information content (AvgIpc) is 3.74. The van der Waals surface area contributed by atoms with Gasteiger partial charge in [0.15, 0.2) is 0 Å². The molecule has 0 saturated heterocycles. The Hall–Kier alpha value is -6.10. The monoisotopic (exact) mass is 646 g/mol. The fraction of sp³-hybridized carbons (Fsp3) is 0.0222. The Morgan fingerprint density at radius 3 is 2.00 bits per heavy atom. The molecule has 0 spiro atoms. The summed E-state index contributed by atoms with van der Waals surface area (Å²) in [6, 6.07) is 54.3. The predicted molar refractivity (Wildman–Crippen MR) is 210 cm³/mol. The maximum atomic E-state index is 6.34. The molecule has 232 valence electrons. The van der Waals surface area contributed by atoms with Crippen LogP contribution >= 0.6 is 11.3 Å². The van der Waals surface area contributed by atoms with Crippen LogP contribution in [0.3, 0.4) is 0 Å². The van der Waals surface area contributed by atoms with Crippen LogP contribution in [-0.4, -0.2) is 6.54 Å². The van der Waals surface area contributed by atoms with Crippen LogP contribution in [0.1, 0.15) is 5.56 Å². The summed E-state index contributed by atoms with van der Waals surface area (Å²) in [6.07, 6.45) is 4.47.